The van der Waals surface area contributed by atoms with E-state index in [-0.39, 0.29) is 12.0 Å². The Morgan fingerprint density at radius 1 is 1.20 bits per heavy atom. The maximum absolute atomic E-state index is 11.2. The average molecular weight is 515 g/mol. The highest BCUT2D eigenvalue weighted by molar-refractivity contribution is 7.99. The molecule has 0 spiro atoms. The number of fused-ring (bicyclic) bond motifs is 1. The number of methoxy groups -OCH3 is 1. The van der Waals surface area contributed by atoms with E-state index in [1.807, 2.05) is 30.0 Å². The van der Waals surface area contributed by atoms with E-state index in [9.17, 15) is 10.2 Å². The normalized spacial score (nSPS) is 16.9. The lowest BCUT2D eigenvalue weighted by Gasteiger charge is -2.41. The molecule has 5 nitrogen and oxygen atoms in total. The van der Waals surface area contributed by atoms with Crippen LogP contribution in [0.2, 0.25) is 5.02 Å². The van der Waals surface area contributed by atoms with Gasteiger partial charge in [-0.05, 0) is 81.4 Å². The number of aliphatic hydroxyl groups is 2. The summed E-state index contributed by atoms with van der Waals surface area (Å²) in [6.07, 6.45) is 4.03. The van der Waals surface area contributed by atoms with Crippen LogP contribution in [-0.2, 0) is 0 Å². The molecular weight excluding hydrogens is 480 g/mol. The fourth-order valence-electron chi connectivity index (χ4n) is 4.96. The zero-order valence-electron chi connectivity index (χ0n) is 20.5. The highest BCUT2D eigenvalue weighted by atomic mass is 35.5. The van der Waals surface area contributed by atoms with Gasteiger partial charge in [0.05, 0.1) is 23.8 Å². The van der Waals surface area contributed by atoms with Crippen LogP contribution in [0.3, 0.4) is 0 Å². The molecule has 3 aromatic rings. The number of aliphatic hydroxyl groups excluding tert-OH is 2. The van der Waals surface area contributed by atoms with Crippen molar-refractivity contribution in [2.75, 3.05) is 39.1 Å². The van der Waals surface area contributed by atoms with Gasteiger partial charge in [-0.15, -0.1) is 11.8 Å². The summed E-state index contributed by atoms with van der Waals surface area (Å²) in [6.45, 7) is 5.26. The molecule has 0 amide bonds. The van der Waals surface area contributed by atoms with Crippen molar-refractivity contribution in [3.63, 3.8) is 0 Å². The average Bonchev–Trinajstić information content (AvgIpc) is 2.88. The van der Waals surface area contributed by atoms with Gasteiger partial charge in [-0.1, -0.05) is 29.3 Å². The van der Waals surface area contributed by atoms with Crippen LogP contribution < -0.4 is 4.74 Å². The summed E-state index contributed by atoms with van der Waals surface area (Å²) in [6, 6.07) is 14.3. The summed E-state index contributed by atoms with van der Waals surface area (Å²) in [5.41, 5.74) is 2.60. The molecule has 2 heterocycles. The summed E-state index contributed by atoms with van der Waals surface area (Å²) in [4.78, 5) is 8.20. The molecule has 0 aliphatic carbocycles. The van der Waals surface area contributed by atoms with Gasteiger partial charge < -0.3 is 19.8 Å². The number of benzene rings is 2. The molecule has 1 aliphatic heterocycles. The van der Waals surface area contributed by atoms with Crippen LogP contribution in [0.4, 0.5) is 0 Å². The van der Waals surface area contributed by atoms with E-state index in [2.05, 4.69) is 41.1 Å². The van der Waals surface area contributed by atoms with Gasteiger partial charge in [-0.25, -0.2) is 0 Å². The van der Waals surface area contributed by atoms with E-state index in [4.69, 9.17) is 16.3 Å². The van der Waals surface area contributed by atoms with Crippen LogP contribution in [0, 0.1) is 12.3 Å². The fourth-order valence-corrected chi connectivity index (χ4v) is 6.26. The lowest BCUT2D eigenvalue weighted by atomic mass is 9.74. The molecular formula is C28H35ClN2O3S. The maximum atomic E-state index is 11.2. The number of thioether (sulfide) groups is 1. The molecule has 1 aliphatic rings. The molecule has 35 heavy (non-hydrogen) atoms. The first kappa shape index (κ1) is 26.2. The van der Waals surface area contributed by atoms with Crippen LogP contribution >= 0.6 is 23.4 Å². The number of hydrogen-bond acceptors (Lipinski definition) is 6. The number of likely N-dealkylation sites (tertiary alicyclic amines) is 1. The van der Waals surface area contributed by atoms with E-state index < -0.39 is 6.10 Å². The number of hydrogen-bond donors (Lipinski definition) is 2. The SMILES string of the molecule is COc1ccc2ncc(Cl)c([C@@H](O)CCC3(CO)CCN(CCSc4cccc(C)c4)CC3)c2c1. The Morgan fingerprint density at radius 2 is 2.00 bits per heavy atom. The van der Waals surface area contributed by atoms with Crippen LogP contribution in [0.1, 0.15) is 42.9 Å². The molecule has 0 radical (unpaired) electrons. The molecule has 7 heteroatoms. The zero-order valence-corrected chi connectivity index (χ0v) is 22.1. The Bertz CT molecular complexity index is 1130. The first-order valence-electron chi connectivity index (χ1n) is 12.3. The van der Waals surface area contributed by atoms with E-state index in [0.29, 0.717) is 22.8 Å². The van der Waals surface area contributed by atoms with Crippen LogP contribution in [0.25, 0.3) is 10.9 Å². The summed E-state index contributed by atoms with van der Waals surface area (Å²) in [5.74, 6) is 1.76. The van der Waals surface area contributed by atoms with Gasteiger partial charge in [0.1, 0.15) is 5.75 Å². The highest BCUT2D eigenvalue weighted by Gasteiger charge is 2.34. The number of pyridine rings is 1. The second-order valence-electron chi connectivity index (χ2n) is 9.62. The Labute approximate surface area is 217 Å². The first-order valence-corrected chi connectivity index (χ1v) is 13.6. The predicted octanol–water partition coefficient (Wildman–Crippen LogP) is 5.89. The number of aryl methyl sites for hydroxylation is 1. The van der Waals surface area contributed by atoms with Crippen molar-refractivity contribution in [2.24, 2.45) is 5.41 Å². The van der Waals surface area contributed by atoms with Crippen molar-refractivity contribution in [1.29, 1.82) is 0 Å². The number of ether oxygens (including phenoxy) is 1. The maximum Gasteiger partial charge on any atom is 0.119 e. The highest BCUT2D eigenvalue weighted by Crippen LogP contribution is 2.40. The minimum Gasteiger partial charge on any atom is -0.497 e. The molecule has 1 fully saturated rings. The third-order valence-corrected chi connectivity index (χ3v) is 8.54. The molecule has 0 unspecified atom stereocenters. The van der Waals surface area contributed by atoms with Gasteiger partial charge in [-0.2, -0.15) is 0 Å². The molecule has 2 aromatic carbocycles. The van der Waals surface area contributed by atoms with Gasteiger partial charge in [0.2, 0.25) is 0 Å². The minimum atomic E-state index is -0.729. The van der Waals surface area contributed by atoms with Crippen LogP contribution in [0.15, 0.2) is 53.6 Å². The minimum absolute atomic E-state index is 0.143. The number of nitrogens with zero attached hydrogens (tertiary/aromatic N) is 2. The zero-order chi connectivity index (χ0) is 24.8. The first-order chi connectivity index (χ1) is 16.9. The van der Waals surface area contributed by atoms with Crippen molar-refractivity contribution in [3.8, 4) is 5.75 Å². The van der Waals surface area contributed by atoms with Gasteiger partial charge in [0.15, 0.2) is 0 Å². The Kier molecular flexibility index (Phi) is 8.95. The van der Waals surface area contributed by atoms with Gasteiger partial charge in [-0.3, -0.25) is 4.98 Å². The van der Waals surface area contributed by atoms with Crippen LogP contribution in [0.5, 0.6) is 5.75 Å². The molecule has 0 bridgehead atoms. The van der Waals surface area contributed by atoms with E-state index in [1.165, 1.54) is 10.5 Å². The van der Waals surface area contributed by atoms with Crippen molar-refractivity contribution >= 4 is 34.3 Å². The number of halogens is 1. The Morgan fingerprint density at radius 3 is 2.71 bits per heavy atom. The number of piperidine rings is 1. The topological polar surface area (TPSA) is 65.8 Å². The van der Waals surface area contributed by atoms with Gasteiger partial charge >= 0.3 is 0 Å². The Hall–Kier alpha value is -1.83. The molecule has 1 saturated heterocycles. The van der Waals surface area contributed by atoms with E-state index in [1.54, 1.807) is 13.3 Å². The summed E-state index contributed by atoms with van der Waals surface area (Å²) in [5, 5.41) is 22.7. The number of rotatable bonds is 10. The second kappa shape index (κ2) is 11.9. The smallest absolute Gasteiger partial charge is 0.119 e. The summed E-state index contributed by atoms with van der Waals surface area (Å²) < 4.78 is 5.36. The van der Waals surface area contributed by atoms with Crippen molar-refractivity contribution in [3.05, 3.63) is 64.8 Å². The third-order valence-electron chi connectivity index (χ3n) is 7.27. The third kappa shape index (κ3) is 6.49. The molecule has 4 rings (SSSR count). The quantitative estimate of drug-likeness (QED) is 0.329. The van der Waals surface area contributed by atoms with Crippen molar-refractivity contribution in [2.45, 2.75) is 43.6 Å². The van der Waals surface area contributed by atoms with E-state index in [0.717, 1.165) is 55.6 Å². The molecule has 0 saturated carbocycles. The fraction of sp³-hybridized carbons (Fsp3) is 0.464. The molecule has 188 valence electrons. The van der Waals surface area contributed by atoms with Gasteiger partial charge in [0, 0.05) is 40.9 Å². The molecule has 1 aromatic heterocycles. The monoisotopic (exact) mass is 514 g/mol. The Balaban J connectivity index is 1.33. The number of aromatic nitrogens is 1. The second-order valence-corrected chi connectivity index (χ2v) is 11.2. The van der Waals surface area contributed by atoms with Crippen LogP contribution in [-0.4, -0.2) is 59.2 Å². The molecule has 2 N–H and O–H groups in total. The lowest BCUT2D eigenvalue weighted by molar-refractivity contribution is 0.0254. The predicted molar refractivity (Wildman–Crippen MR) is 145 cm³/mol. The summed E-state index contributed by atoms with van der Waals surface area (Å²) >= 11 is 8.38. The van der Waals surface area contributed by atoms with Gasteiger partial charge in [0.25, 0.3) is 0 Å². The standard InChI is InChI=1S/C28H35ClN2O3S/c1-20-4-3-5-22(16-20)35-15-14-31-12-10-28(19-32,11-13-31)9-8-26(33)27-23-17-21(34-2)6-7-25(23)30-18-24(27)29/h3-7,16-18,26,32-33H,8-15,19H2,1-2H3/t26-/m0/s1. The van der Waals surface area contributed by atoms with Crippen molar-refractivity contribution in [1.82, 2.24) is 9.88 Å². The van der Waals surface area contributed by atoms with Crippen molar-refractivity contribution < 1.29 is 14.9 Å². The summed E-state index contributed by atoms with van der Waals surface area (Å²) in [7, 11) is 1.62. The van der Waals surface area contributed by atoms with E-state index >= 15 is 0 Å². The largest absolute Gasteiger partial charge is 0.497 e. The lowest BCUT2D eigenvalue weighted by Crippen LogP contribution is -2.43. The molecule has 1 atom stereocenters.